The molecule has 1 aliphatic heterocycles. The first-order valence-corrected chi connectivity index (χ1v) is 7.00. The first-order chi connectivity index (χ1) is 9.58. The van der Waals surface area contributed by atoms with E-state index in [0.29, 0.717) is 17.9 Å². The number of halogens is 2. The molecule has 2 aromatic heterocycles. The van der Waals surface area contributed by atoms with Crippen molar-refractivity contribution < 1.29 is 0 Å². The number of hydrogen-bond acceptors (Lipinski definition) is 6. The molecule has 0 unspecified atom stereocenters. The average molecular weight is 348 g/mol. The number of rotatable bonds is 2. The van der Waals surface area contributed by atoms with Crippen molar-refractivity contribution in [3.8, 4) is 0 Å². The number of anilines is 2. The number of nitrogens with one attached hydrogen (secondary N) is 1. The Hall–Kier alpha value is -1.31. The summed E-state index contributed by atoms with van der Waals surface area (Å²) in [6.07, 6.45) is 1.82. The van der Waals surface area contributed by atoms with Gasteiger partial charge in [-0.2, -0.15) is 15.1 Å². The van der Waals surface area contributed by atoms with Gasteiger partial charge in [-0.25, -0.2) is 0 Å². The van der Waals surface area contributed by atoms with Gasteiger partial charge in [-0.3, -0.25) is 4.68 Å². The van der Waals surface area contributed by atoms with Crippen molar-refractivity contribution in [2.45, 2.75) is 19.9 Å². The molecule has 3 rings (SSSR count). The van der Waals surface area contributed by atoms with Crippen molar-refractivity contribution in [1.82, 2.24) is 25.1 Å². The summed E-state index contributed by atoms with van der Waals surface area (Å²) < 4.78 is 1.74. The molecule has 7 nitrogen and oxygen atoms in total. The number of fused-ring (bicyclic) bond motifs is 1. The Morgan fingerprint density at radius 2 is 2.05 bits per heavy atom. The van der Waals surface area contributed by atoms with Crippen LogP contribution in [0.25, 0.3) is 11.0 Å². The summed E-state index contributed by atoms with van der Waals surface area (Å²) in [5.74, 6) is 1.74. The Labute approximate surface area is 142 Å². The summed E-state index contributed by atoms with van der Waals surface area (Å²) in [4.78, 5) is 11.1. The minimum Gasteiger partial charge on any atom is -0.368 e. The maximum absolute atomic E-state index is 5.88. The maximum Gasteiger partial charge on any atom is 0.224 e. The van der Waals surface area contributed by atoms with Gasteiger partial charge < -0.3 is 16.0 Å². The van der Waals surface area contributed by atoms with Gasteiger partial charge in [0.15, 0.2) is 5.65 Å². The first-order valence-electron chi connectivity index (χ1n) is 7.00. The van der Waals surface area contributed by atoms with Crippen molar-refractivity contribution in [2.75, 3.05) is 30.3 Å². The molecule has 124 valence electrons. The zero-order valence-corrected chi connectivity index (χ0v) is 14.6. The fraction of sp³-hybridized carbons (Fsp3) is 0.615. The lowest BCUT2D eigenvalue weighted by molar-refractivity contribution is 0.389. The molecular formula is C13H23Cl2N7. The summed E-state index contributed by atoms with van der Waals surface area (Å²) in [7, 11) is 1.87. The summed E-state index contributed by atoms with van der Waals surface area (Å²) in [5, 5.41) is 8.69. The second-order valence-corrected chi connectivity index (χ2v) is 5.62. The number of piperazine rings is 1. The zero-order chi connectivity index (χ0) is 14.3. The van der Waals surface area contributed by atoms with Gasteiger partial charge in [-0.1, -0.05) is 13.8 Å². The smallest absolute Gasteiger partial charge is 0.224 e. The molecule has 0 amide bonds. The molecule has 3 N–H and O–H groups in total. The molecule has 0 spiro atoms. The highest BCUT2D eigenvalue weighted by Crippen LogP contribution is 2.28. The fourth-order valence-electron chi connectivity index (χ4n) is 2.83. The van der Waals surface area contributed by atoms with Crippen LogP contribution in [0.2, 0.25) is 0 Å². The minimum atomic E-state index is 0. The van der Waals surface area contributed by atoms with E-state index in [1.165, 1.54) is 0 Å². The lowest BCUT2D eigenvalue weighted by atomic mass is 10.0. The Morgan fingerprint density at radius 1 is 1.32 bits per heavy atom. The first kappa shape index (κ1) is 18.7. The molecule has 0 radical (unpaired) electrons. The predicted octanol–water partition coefficient (Wildman–Crippen LogP) is 1.22. The third-order valence-corrected chi connectivity index (χ3v) is 3.91. The molecule has 2 aromatic rings. The Bertz CT molecular complexity index is 628. The molecular weight excluding hydrogens is 325 g/mol. The van der Waals surface area contributed by atoms with E-state index >= 15 is 0 Å². The molecule has 0 aromatic carbocycles. The van der Waals surface area contributed by atoms with E-state index in [0.717, 1.165) is 36.5 Å². The summed E-state index contributed by atoms with van der Waals surface area (Å²) in [5.41, 5.74) is 6.66. The maximum atomic E-state index is 5.88. The standard InChI is InChI=1S/C13H21N7.2ClH/c1-8(2)10-7-15-4-5-20(10)12-9-6-16-19(3)11(9)17-13(14)18-12;;/h6,8,10,15H,4-5,7H2,1-3H3,(H2,14,17,18);2*1H/t10-;;/m1../s1. The summed E-state index contributed by atoms with van der Waals surface area (Å²) in [6.45, 7) is 7.30. The highest BCUT2D eigenvalue weighted by atomic mass is 35.5. The highest BCUT2D eigenvalue weighted by molar-refractivity contribution is 5.88. The zero-order valence-electron chi connectivity index (χ0n) is 13.0. The van der Waals surface area contributed by atoms with Gasteiger partial charge in [-0.15, -0.1) is 24.8 Å². The van der Waals surface area contributed by atoms with E-state index in [-0.39, 0.29) is 24.8 Å². The van der Waals surface area contributed by atoms with E-state index in [1.807, 2.05) is 13.2 Å². The highest BCUT2D eigenvalue weighted by Gasteiger charge is 2.28. The molecule has 1 fully saturated rings. The van der Waals surface area contributed by atoms with Crippen LogP contribution in [0, 0.1) is 5.92 Å². The second kappa shape index (κ2) is 7.30. The van der Waals surface area contributed by atoms with Crippen LogP contribution in [0.5, 0.6) is 0 Å². The number of aromatic nitrogens is 4. The average Bonchev–Trinajstić information content (AvgIpc) is 2.79. The van der Waals surface area contributed by atoms with Gasteiger partial charge in [0.1, 0.15) is 5.82 Å². The van der Waals surface area contributed by atoms with E-state index in [1.54, 1.807) is 4.68 Å². The Kier molecular flexibility index (Phi) is 6.22. The number of nitrogen functional groups attached to an aromatic ring is 1. The monoisotopic (exact) mass is 347 g/mol. The van der Waals surface area contributed by atoms with Crippen molar-refractivity contribution in [3.63, 3.8) is 0 Å². The van der Waals surface area contributed by atoms with Crippen LogP contribution in [-0.4, -0.2) is 45.4 Å². The third kappa shape index (κ3) is 3.21. The number of nitrogens with zero attached hydrogens (tertiary/aromatic N) is 5. The van der Waals surface area contributed by atoms with Crippen LogP contribution >= 0.6 is 24.8 Å². The third-order valence-electron chi connectivity index (χ3n) is 3.91. The van der Waals surface area contributed by atoms with Gasteiger partial charge in [0.05, 0.1) is 11.6 Å². The van der Waals surface area contributed by atoms with Crippen molar-refractivity contribution in [3.05, 3.63) is 6.20 Å². The molecule has 9 heteroatoms. The van der Waals surface area contributed by atoms with Crippen LogP contribution in [0.1, 0.15) is 13.8 Å². The SMILES string of the molecule is CC(C)[C@H]1CNCCN1c1nc(N)nc2c1cnn2C.Cl.Cl. The van der Waals surface area contributed by atoms with E-state index < -0.39 is 0 Å². The molecule has 1 aliphatic rings. The van der Waals surface area contributed by atoms with E-state index in [4.69, 9.17) is 5.73 Å². The lowest BCUT2D eigenvalue weighted by Crippen LogP contribution is -2.54. The molecule has 1 saturated heterocycles. The van der Waals surface area contributed by atoms with Gasteiger partial charge >= 0.3 is 0 Å². The van der Waals surface area contributed by atoms with Crippen LogP contribution in [0.3, 0.4) is 0 Å². The Morgan fingerprint density at radius 3 is 2.73 bits per heavy atom. The summed E-state index contributed by atoms with van der Waals surface area (Å²) in [6, 6.07) is 0.404. The topological polar surface area (TPSA) is 84.9 Å². The largest absolute Gasteiger partial charge is 0.368 e. The van der Waals surface area contributed by atoms with Crippen LogP contribution in [-0.2, 0) is 7.05 Å². The van der Waals surface area contributed by atoms with Gasteiger partial charge in [0.25, 0.3) is 0 Å². The van der Waals surface area contributed by atoms with Crippen molar-refractivity contribution in [2.24, 2.45) is 13.0 Å². The van der Waals surface area contributed by atoms with Crippen LogP contribution < -0.4 is 16.0 Å². The van der Waals surface area contributed by atoms with Gasteiger partial charge in [0, 0.05) is 32.7 Å². The summed E-state index contributed by atoms with van der Waals surface area (Å²) >= 11 is 0. The van der Waals surface area contributed by atoms with Crippen LogP contribution in [0.4, 0.5) is 11.8 Å². The quantitative estimate of drug-likeness (QED) is 0.849. The molecule has 0 aliphatic carbocycles. The molecule has 22 heavy (non-hydrogen) atoms. The van der Waals surface area contributed by atoms with E-state index in [9.17, 15) is 0 Å². The predicted molar refractivity (Wildman–Crippen MR) is 94.1 cm³/mol. The van der Waals surface area contributed by atoms with Crippen LogP contribution in [0.15, 0.2) is 6.20 Å². The molecule has 1 atom stereocenters. The molecule has 3 heterocycles. The van der Waals surface area contributed by atoms with Crippen molar-refractivity contribution in [1.29, 1.82) is 0 Å². The molecule has 0 bridgehead atoms. The molecule has 0 saturated carbocycles. The van der Waals surface area contributed by atoms with Gasteiger partial charge in [0.2, 0.25) is 5.95 Å². The minimum absolute atomic E-state index is 0. The normalized spacial score (nSPS) is 18.2. The lowest BCUT2D eigenvalue weighted by Gasteiger charge is -2.39. The van der Waals surface area contributed by atoms with E-state index in [2.05, 4.69) is 39.1 Å². The second-order valence-electron chi connectivity index (χ2n) is 5.62. The Balaban J connectivity index is 0.00000121. The number of nitrogens with two attached hydrogens (primary N) is 1. The number of aryl methyl sites for hydroxylation is 1. The fourth-order valence-corrected chi connectivity index (χ4v) is 2.83. The van der Waals surface area contributed by atoms with Gasteiger partial charge in [-0.05, 0) is 5.92 Å². The number of hydrogen-bond donors (Lipinski definition) is 2. The van der Waals surface area contributed by atoms with Crippen molar-refractivity contribution >= 4 is 47.6 Å².